The van der Waals surface area contributed by atoms with Crippen LogP contribution in [0.25, 0.3) is 0 Å². The normalized spacial score (nSPS) is 37.5. The largest absolute Gasteiger partial charge is 0.379 e. The summed E-state index contributed by atoms with van der Waals surface area (Å²) in [5, 5.41) is 0. The summed E-state index contributed by atoms with van der Waals surface area (Å²) in [6.45, 7) is 1.94. The van der Waals surface area contributed by atoms with Gasteiger partial charge in [0.15, 0.2) is 9.84 Å². The smallest absolute Gasteiger partial charge is 0.151 e. The third-order valence-corrected chi connectivity index (χ3v) is 5.94. The third kappa shape index (κ3) is 2.65. The van der Waals surface area contributed by atoms with Gasteiger partial charge in [-0.25, -0.2) is 8.42 Å². The fraction of sp³-hybridized carbons (Fsp3) is 1.00. The number of nitrogens with zero attached hydrogens (tertiary/aromatic N) is 1. The van der Waals surface area contributed by atoms with Crippen LogP contribution in [0, 0.1) is 0 Å². The highest BCUT2D eigenvalue weighted by Crippen LogP contribution is 2.29. The Labute approximate surface area is 103 Å². The zero-order chi connectivity index (χ0) is 12.5. The highest BCUT2D eigenvalue weighted by Gasteiger charge is 2.42. The second-order valence-electron chi connectivity index (χ2n) is 5.25. The van der Waals surface area contributed by atoms with Gasteiger partial charge in [0.2, 0.25) is 0 Å². The second-order valence-corrected chi connectivity index (χ2v) is 7.48. The maximum Gasteiger partial charge on any atom is 0.151 e. The van der Waals surface area contributed by atoms with Crippen LogP contribution in [0.2, 0.25) is 0 Å². The average Bonchev–Trinajstić information content (AvgIpc) is 2.69. The van der Waals surface area contributed by atoms with E-state index >= 15 is 0 Å². The monoisotopic (exact) mass is 262 g/mol. The number of ether oxygens (including phenoxy) is 1. The maximum atomic E-state index is 11.5. The molecule has 2 unspecified atom stereocenters. The molecular formula is C11H22N2O3S. The molecule has 0 bridgehead atoms. The van der Waals surface area contributed by atoms with Gasteiger partial charge in [0.1, 0.15) is 0 Å². The Bertz CT molecular complexity index is 363. The van der Waals surface area contributed by atoms with Gasteiger partial charge in [-0.2, -0.15) is 0 Å². The Morgan fingerprint density at radius 3 is 2.76 bits per heavy atom. The molecule has 2 heterocycles. The predicted molar refractivity (Wildman–Crippen MR) is 66.7 cm³/mol. The predicted octanol–water partition coefficient (Wildman–Crippen LogP) is -0.387. The highest BCUT2D eigenvalue weighted by molar-refractivity contribution is 7.91. The molecule has 2 atom stereocenters. The summed E-state index contributed by atoms with van der Waals surface area (Å²) in [7, 11) is -0.844. The minimum absolute atomic E-state index is 0.102. The van der Waals surface area contributed by atoms with Crippen LogP contribution < -0.4 is 5.73 Å². The number of likely N-dealkylation sites (N-methyl/N-ethyl adjacent to an activating group) is 1. The lowest BCUT2D eigenvalue weighted by atomic mass is 9.89. The van der Waals surface area contributed by atoms with Crippen molar-refractivity contribution in [3.05, 3.63) is 0 Å². The number of hydrogen-bond donors (Lipinski definition) is 1. The van der Waals surface area contributed by atoms with Crippen LogP contribution in [0.3, 0.4) is 0 Å². The van der Waals surface area contributed by atoms with Gasteiger partial charge in [0.05, 0.1) is 23.7 Å². The molecule has 2 rings (SSSR count). The van der Waals surface area contributed by atoms with E-state index in [0.717, 1.165) is 25.9 Å². The highest BCUT2D eigenvalue weighted by atomic mass is 32.2. The Morgan fingerprint density at radius 1 is 1.53 bits per heavy atom. The molecule has 2 aliphatic heterocycles. The van der Waals surface area contributed by atoms with Crippen LogP contribution in [0.1, 0.15) is 19.3 Å². The van der Waals surface area contributed by atoms with Crippen LogP contribution in [0.15, 0.2) is 0 Å². The molecule has 0 amide bonds. The van der Waals surface area contributed by atoms with Gasteiger partial charge < -0.3 is 10.5 Å². The standard InChI is InChI=1S/C11H22N2O3S/c1-13(10-3-6-17(14,15)7-10)11(8-12)4-2-5-16-9-11/h10H,2-9,12H2,1H3. The first kappa shape index (κ1) is 13.3. The van der Waals surface area contributed by atoms with Crippen molar-refractivity contribution < 1.29 is 13.2 Å². The van der Waals surface area contributed by atoms with E-state index in [1.54, 1.807) is 0 Å². The van der Waals surface area contributed by atoms with Crippen molar-refractivity contribution in [2.45, 2.75) is 30.8 Å². The van der Waals surface area contributed by atoms with Crippen molar-refractivity contribution in [3.8, 4) is 0 Å². The lowest BCUT2D eigenvalue weighted by molar-refractivity contribution is -0.0470. The number of nitrogens with two attached hydrogens (primary N) is 1. The average molecular weight is 262 g/mol. The van der Waals surface area contributed by atoms with E-state index < -0.39 is 9.84 Å². The third-order valence-electron chi connectivity index (χ3n) is 4.19. The maximum absolute atomic E-state index is 11.5. The second kappa shape index (κ2) is 4.84. The van der Waals surface area contributed by atoms with Crippen LogP contribution in [-0.4, -0.2) is 63.2 Å². The van der Waals surface area contributed by atoms with Gasteiger partial charge in [-0.1, -0.05) is 0 Å². The Hall–Kier alpha value is -0.170. The summed E-state index contributed by atoms with van der Waals surface area (Å²) in [5.74, 6) is 0.578. The minimum atomic E-state index is -2.84. The van der Waals surface area contributed by atoms with E-state index in [2.05, 4.69) is 4.90 Å². The first-order valence-corrected chi connectivity index (χ1v) is 8.02. The first-order valence-electron chi connectivity index (χ1n) is 6.20. The minimum Gasteiger partial charge on any atom is -0.379 e. The zero-order valence-corrected chi connectivity index (χ0v) is 11.2. The SMILES string of the molecule is CN(C1CCS(=O)(=O)C1)C1(CN)CCCOC1. The summed E-state index contributed by atoms with van der Waals surface area (Å²) in [6, 6.07) is 0.102. The summed E-state index contributed by atoms with van der Waals surface area (Å²) >= 11 is 0. The van der Waals surface area contributed by atoms with Gasteiger partial charge in [-0.05, 0) is 26.3 Å². The quantitative estimate of drug-likeness (QED) is 0.750. The summed E-state index contributed by atoms with van der Waals surface area (Å²) < 4.78 is 28.6. The van der Waals surface area contributed by atoms with Crippen molar-refractivity contribution in [2.75, 3.05) is 38.3 Å². The molecule has 2 N–H and O–H groups in total. The molecule has 6 heteroatoms. The molecule has 0 saturated carbocycles. The first-order chi connectivity index (χ1) is 7.99. The molecule has 0 radical (unpaired) electrons. The van der Waals surface area contributed by atoms with E-state index in [-0.39, 0.29) is 17.3 Å². The van der Waals surface area contributed by atoms with Gasteiger partial charge in [-0.15, -0.1) is 0 Å². The van der Waals surface area contributed by atoms with Crippen LogP contribution in [-0.2, 0) is 14.6 Å². The topological polar surface area (TPSA) is 72.6 Å². The Morgan fingerprint density at radius 2 is 2.29 bits per heavy atom. The number of hydrogen-bond acceptors (Lipinski definition) is 5. The van der Waals surface area contributed by atoms with E-state index in [1.807, 2.05) is 7.05 Å². The summed E-state index contributed by atoms with van der Waals surface area (Å²) in [6.07, 6.45) is 2.72. The molecule has 2 fully saturated rings. The lowest BCUT2D eigenvalue weighted by Gasteiger charge is -2.46. The van der Waals surface area contributed by atoms with Gasteiger partial charge in [-0.3, -0.25) is 4.90 Å². The van der Waals surface area contributed by atoms with Gasteiger partial charge in [0, 0.05) is 19.2 Å². The van der Waals surface area contributed by atoms with Crippen LogP contribution in [0.5, 0.6) is 0 Å². The molecule has 2 aliphatic rings. The molecule has 2 saturated heterocycles. The van der Waals surface area contributed by atoms with E-state index in [1.165, 1.54) is 0 Å². The van der Waals surface area contributed by atoms with Gasteiger partial charge in [0.25, 0.3) is 0 Å². The Balaban J connectivity index is 2.09. The Kier molecular flexibility index (Phi) is 3.77. The summed E-state index contributed by atoms with van der Waals surface area (Å²) in [5.41, 5.74) is 5.74. The van der Waals surface area contributed by atoms with Crippen molar-refractivity contribution in [3.63, 3.8) is 0 Å². The zero-order valence-electron chi connectivity index (χ0n) is 10.4. The number of sulfone groups is 1. The van der Waals surface area contributed by atoms with Crippen molar-refractivity contribution in [1.82, 2.24) is 4.90 Å². The van der Waals surface area contributed by atoms with Crippen LogP contribution >= 0.6 is 0 Å². The van der Waals surface area contributed by atoms with Crippen molar-refractivity contribution in [2.24, 2.45) is 5.73 Å². The molecule has 0 spiro atoms. The molecule has 0 aromatic rings. The fourth-order valence-corrected chi connectivity index (χ4v) is 4.66. The van der Waals surface area contributed by atoms with Gasteiger partial charge >= 0.3 is 0 Å². The molecular weight excluding hydrogens is 240 g/mol. The molecule has 0 aliphatic carbocycles. The van der Waals surface area contributed by atoms with E-state index in [0.29, 0.717) is 18.9 Å². The molecule has 5 nitrogen and oxygen atoms in total. The number of rotatable bonds is 3. The van der Waals surface area contributed by atoms with Crippen molar-refractivity contribution >= 4 is 9.84 Å². The lowest BCUT2D eigenvalue weighted by Crippen LogP contribution is -2.60. The van der Waals surface area contributed by atoms with E-state index in [4.69, 9.17) is 10.5 Å². The van der Waals surface area contributed by atoms with Crippen molar-refractivity contribution in [1.29, 1.82) is 0 Å². The molecule has 0 aromatic carbocycles. The van der Waals surface area contributed by atoms with E-state index in [9.17, 15) is 8.42 Å². The molecule has 17 heavy (non-hydrogen) atoms. The van der Waals surface area contributed by atoms with Crippen LogP contribution in [0.4, 0.5) is 0 Å². The molecule has 100 valence electrons. The fourth-order valence-electron chi connectivity index (χ4n) is 2.89. The summed E-state index contributed by atoms with van der Waals surface area (Å²) in [4.78, 5) is 2.16. The molecule has 0 aromatic heterocycles.